The van der Waals surface area contributed by atoms with Crippen molar-refractivity contribution in [2.45, 2.75) is 6.42 Å². The lowest BCUT2D eigenvalue weighted by Gasteiger charge is -2.08. The van der Waals surface area contributed by atoms with E-state index in [9.17, 15) is 10.2 Å². The van der Waals surface area contributed by atoms with Crippen LogP contribution >= 0.6 is 0 Å². The highest BCUT2D eigenvalue weighted by atomic mass is 16.5. The fourth-order valence-corrected chi connectivity index (χ4v) is 1.86. The number of ether oxygens (including phenoxy) is 1. The lowest BCUT2D eigenvalue weighted by Crippen LogP contribution is -2.05. The molecule has 0 heterocycles. The van der Waals surface area contributed by atoms with Crippen LogP contribution in [0.4, 0.5) is 0 Å². The Morgan fingerprint density at radius 1 is 1.10 bits per heavy atom. The number of phenols is 2. The van der Waals surface area contributed by atoms with E-state index < -0.39 is 0 Å². The van der Waals surface area contributed by atoms with Gasteiger partial charge in [0, 0.05) is 12.0 Å². The summed E-state index contributed by atoms with van der Waals surface area (Å²) in [6.45, 7) is 0. The van der Waals surface area contributed by atoms with E-state index in [1.54, 1.807) is 36.4 Å². The minimum atomic E-state index is 0.0261. The third-order valence-electron chi connectivity index (χ3n) is 2.94. The minimum absolute atomic E-state index is 0.0261. The van der Waals surface area contributed by atoms with Crippen LogP contribution < -0.4 is 4.74 Å². The van der Waals surface area contributed by atoms with Crippen molar-refractivity contribution < 1.29 is 20.2 Å². The molecule has 0 aromatic heterocycles. The molecule has 2 aromatic carbocycles. The summed E-state index contributed by atoms with van der Waals surface area (Å²) in [5.74, 6) is 0.523. The molecular formula is C15H15NO4. The van der Waals surface area contributed by atoms with E-state index in [0.29, 0.717) is 23.4 Å². The van der Waals surface area contributed by atoms with Gasteiger partial charge < -0.3 is 20.2 Å². The second kappa shape index (κ2) is 5.97. The van der Waals surface area contributed by atoms with Crippen molar-refractivity contribution in [2.75, 3.05) is 7.11 Å². The van der Waals surface area contributed by atoms with E-state index >= 15 is 0 Å². The molecule has 20 heavy (non-hydrogen) atoms. The van der Waals surface area contributed by atoms with Crippen LogP contribution in [0.5, 0.6) is 17.2 Å². The second-order valence-corrected chi connectivity index (χ2v) is 4.28. The third-order valence-corrected chi connectivity index (χ3v) is 2.94. The maximum Gasteiger partial charge on any atom is 0.161 e. The normalized spacial score (nSPS) is 11.3. The lowest BCUT2D eigenvalue weighted by molar-refractivity contribution is 0.318. The number of benzene rings is 2. The van der Waals surface area contributed by atoms with Crippen LogP contribution in [0.15, 0.2) is 47.6 Å². The summed E-state index contributed by atoms with van der Waals surface area (Å²) >= 11 is 0. The Morgan fingerprint density at radius 3 is 2.40 bits per heavy atom. The van der Waals surface area contributed by atoms with Gasteiger partial charge in [0.1, 0.15) is 5.75 Å². The first-order valence-corrected chi connectivity index (χ1v) is 6.00. The molecule has 0 saturated carbocycles. The Hall–Kier alpha value is -2.69. The van der Waals surface area contributed by atoms with Gasteiger partial charge in [0.05, 0.1) is 12.8 Å². The summed E-state index contributed by atoms with van der Waals surface area (Å²) in [7, 11) is 1.45. The summed E-state index contributed by atoms with van der Waals surface area (Å²) in [6, 6.07) is 11.4. The van der Waals surface area contributed by atoms with Gasteiger partial charge in [0.15, 0.2) is 11.5 Å². The molecule has 0 bridgehead atoms. The van der Waals surface area contributed by atoms with Crippen LogP contribution in [0.1, 0.15) is 11.1 Å². The predicted molar refractivity (Wildman–Crippen MR) is 74.8 cm³/mol. The van der Waals surface area contributed by atoms with Crippen molar-refractivity contribution in [3.05, 3.63) is 53.6 Å². The number of nitrogens with zero attached hydrogens (tertiary/aromatic N) is 1. The van der Waals surface area contributed by atoms with E-state index in [-0.39, 0.29) is 11.5 Å². The van der Waals surface area contributed by atoms with Crippen molar-refractivity contribution in [3.63, 3.8) is 0 Å². The first-order valence-electron chi connectivity index (χ1n) is 6.00. The Balaban J connectivity index is 2.27. The molecule has 5 nitrogen and oxygen atoms in total. The van der Waals surface area contributed by atoms with Crippen molar-refractivity contribution in [2.24, 2.45) is 5.16 Å². The third kappa shape index (κ3) is 3.00. The highest BCUT2D eigenvalue weighted by molar-refractivity contribution is 6.02. The van der Waals surface area contributed by atoms with Gasteiger partial charge in [-0.1, -0.05) is 17.3 Å². The molecule has 104 valence electrons. The van der Waals surface area contributed by atoms with E-state index in [4.69, 9.17) is 9.94 Å². The van der Waals surface area contributed by atoms with Crippen molar-refractivity contribution in [1.82, 2.24) is 0 Å². The SMILES string of the molecule is COc1cc(/C(Cc2ccc(O)cc2)=N\O)ccc1O. The molecule has 0 aliphatic carbocycles. The standard InChI is InChI=1S/C15H15NO4/c1-20-15-9-11(4-7-14(15)18)13(16-19)8-10-2-5-12(17)6-3-10/h2-7,9,17-19H,8H2,1H3/b16-13-. The quantitative estimate of drug-likeness (QED) is 0.454. The van der Waals surface area contributed by atoms with Crippen LogP contribution in [0.2, 0.25) is 0 Å². The average Bonchev–Trinajstić information content (AvgIpc) is 2.47. The molecule has 5 heteroatoms. The van der Waals surface area contributed by atoms with Crippen molar-refractivity contribution in [1.29, 1.82) is 0 Å². The molecule has 0 radical (unpaired) electrons. The van der Waals surface area contributed by atoms with Gasteiger partial charge in [0.25, 0.3) is 0 Å². The molecule has 3 N–H and O–H groups in total. The zero-order valence-corrected chi connectivity index (χ0v) is 10.9. The summed E-state index contributed by atoms with van der Waals surface area (Å²) in [5.41, 5.74) is 1.98. The number of hydrogen-bond donors (Lipinski definition) is 3. The molecule has 0 saturated heterocycles. The van der Waals surface area contributed by atoms with E-state index in [0.717, 1.165) is 5.56 Å². The fraction of sp³-hybridized carbons (Fsp3) is 0.133. The molecule has 2 rings (SSSR count). The van der Waals surface area contributed by atoms with Crippen molar-refractivity contribution >= 4 is 5.71 Å². The van der Waals surface area contributed by atoms with Gasteiger partial charge in [-0.25, -0.2) is 0 Å². The lowest BCUT2D eigenvalue weighted by atomic mass is 10.0. The molecular weight excluding hydrogens is 258 g/mol. The Kier molecular flexibility index (Phi) is 4.10. The fourth-order valence-electron chi connectivity index (χ4n) is 1.86. The summed E-state index contributed by atoms with van der Waals surface area (Å²) in [5, 5.41) is 31.3. The molecule has 0 atom stereocenters. The zero-order chi connectivity index (χ0) is 14.5. The predicted octanol–water partition coefficient (Wildman–Crippen LogP) is 2.53. The van der Waals surface area contributed by atoms with Gasteiger partial charge >= 0.3 is 0 Å². The summed E-state index contributed by atoms with van der Waals surface area (Å²) in [6.07, 6.45) is 0.394. The monoisotopic (exact) mass is 273 g/mol. The number of phenolic OH excluding ortho intramolecular Hbond substituents is 2. The number of oxime groups is 1. The first-order chi connectivity index (χ1) is 9.63. The zero-order valence-electron chi connectivity index (χ0n) is 10.9. The summed E-state index contributed by atoms with van der Waals surface area (Å²) < 4.78 is 5.03. The number of hydrogen-bond acceptors (Lipinski definition) is 5. The van der Waals surface area contributed by atoms with E-state index in [2.05, 4.69) is 5.16 Å². The van der Waals surface area contributed by atoms with Gasteiger partial charge in [0.2, 0.25) is 0 Å². The van der Waals surface area contributed by atoms with Gasteiger partial charge in [-0.3, -0.25) is 0 Å². The van der Waals surface area contributed by atoms with Crippen LogP contribution in [0, 0.1) is 0 Å². The number of rotatable bonds is 4. The molecule has 0 amide bonds. The summed E-state index contributed by atoms with van der Waals surface area (Å²) in [4.78, 5) is 0. The topological polar surface area (TPSA) is 82.3 Å². The molecule has 0 aliphatic heterocycles. The van der Waals surface area contributed by atoms with E-state index in [1.165, 1.54) is 13.2 Å². The Bertz CT molecular complexity index is 620. The Labute approximate surface area is 116 Å². The van der Waals surface area contributed by atoms with Gasteiger partial charge in [-0.2, -0.15) is 0 Å². The van der Waals surface area contributed by atoms with Crippen LogP contribution in [0.3, 0.4) is 0 Å². The highest BCUT2D eigenvalue weighted by Gasteiger charge is 2.10. The van der Waals surface area contributed by atoms with Crippen LogP contribution in [-0.2, 0) is 6.42 Å². The first kappa shape index (κ1) is 13.7. The minimum Gasteiger partial charge on any atom is -0.508 e. The van der Waals surface area contributed by atoms with E-state index in [1.807, 2.05) is 0 Å². The van der Waals surface area contributed by atoms with Crippen LogP contribution in [-0.4, -0.2) is 28.2 Å². The largest absolute Gasteiger partial charge is 0.508 e. The molecule has 0 aliphatic rings. The number of methoxy groups -OCH3 is 1. The van der Waals surface area contributed by atoms with Gasteiger partial charge in [-0.15, -0.1) is 0 Å². The maximum atomic E-state index is 9.55. The average molecular weight is 273 g/mol. The number of aromatic hydroxyl groups is 2. The Morgan fingerprint density at radius 2 is 1.80 bits per heavy atom. The molecule has 0 fully saturated rings. The van der Waals surface area contributed by atoms with Crippen molar-refractivity contribution in [3.8, 4) is 17.2 Å². The molecule has 2 aromatic rings. The van der Waals surface area contributed by atoms with Gasteiger partial charge in [-0.05, 0) is 35.9 Å². The smallest absolute Gasteiger partial charge is 0.161 e. The van der Waals surface area contributed by atoms with Crippen LogP contribution in [0.25, 0.3) is 0 Å². The maximum absolute atomic E-state index is 9.55. The molecule has 0 spiro atoms. The molecule has 0 unspecified atom stereocenters. The second-order valence-electron chi connectivity index (χ2n) is 4.28. The highest BCUT2D eigenvalue weighted by Crippen LogP contribution is 2.27.